The summed E-state index contributed by atoms with van der Waals surface area (Å²) >= 11 is 0. The highest BCUT2D eigenvalue weighted by Crippen LogP contribution is 2.65. The maximum absolute atomic E-state index is 14.8. The van der Waals surface area contributed by atoms with Crippen LogP contribution in [0.15, 0.2) is 30.3 Å². The summed E-state index contributed by atoms with van der Waals surface area (Å²) in [5, 5.41) is 24.6. The van der Waals surface area contributed by atoms with Crippen LogP contribution in [0.25, 0.3) is 0 Å². The Morgan fingerprint density at radius 2 is 1.68 bits per heavy atom. The molecule has 2 N–H and O–H groups in total. The summed E-state index contributed by atoms with van der Waals surface area (Å²) in [6.07, 6.45) is -4.25. The molecule has 3 aliphatic carbocycles. The molecule has 10 unspecified atom stereocenters. The summed E-state index contributed by atoms with van der Waals surface area (Å²) in [6.45, 7) is 9.38. The van der Waals surface area contributed by atoms with Crippen molar-refractivity contribution in [3.63, 3.8) is 0 Å². The van der Waals surface area contributed by atoms with Gasteiger partial charge in [0.25, 0.3) is 0 Å². The lowest BCUT2D eigenvalue weighted by atomic mass is 9.42. The largest absolute Gasteiger partial charge is 0.455 e. The van der Waals surface area contributed by atoms with E-state index in [0.29, 0.717) is 6.42 Å². The molecule has 0 amide bonds. The normalized spacial score (nSPS) is 42.7. The third-order valence-electron chi connectivity index (χ3n) is 10.7. The number of esters is 3. The third-order valence-corrected chi connectivity index (χ3v) is 10.7. The van der Waals surface area contributed by atoms with Crippen LogP contribution in [0.2, 0.25) is 0 Å². The van der Waals surface area contributed by atoms with Crippen molar-refractivity contribution >= 4 is 23.7 Å². The molecule has 10 atom stereocenters. The van der Waals surface area contributed by atoms with E-state index in [4.69, 9.17) is 18.9 Å². The molecule has 10 heteroatoms. The van der Waals surface area contributed by atoms with Gasteiger partial charge in [-0.3, -0.25) is 14.4 Å². The SMILES string of the molecule is CC(=O)OC1C(=O)C2(C)C(O)CC3OCC3(OC(C)=O)C2C(OC(=O)c2ccccc2)C2(O)CCC(C)C1C2(C)C. The molecule has 10 nitrogen and oxygen atoms in total. The van der Waals surface area contributed by atoms with Gasteiger partial charge in [-0.25, -0.2) is 4.79 Å². The second kappa shape index (κ2) is 9.88. The molecule has 1 aliphatic heterocycles. The van der Waals surface area contributed by atoms with Gasteiger partial charge in [-0.2, -0.15) is 0 Å². The molecule has 4 fully saturated rings. The Morgan fingerprint density at radius 1 is 1.02 bits per heavy atom. The standard InChI is InChI=1S/C31H40O10/c1-16-12-13-31(37)26(40-27(36)19-10-8-7-9-11-19)24-29(6,20(34)14-21-30(24,15-38-21)41-18(3)33)25(35)23(39-17(2)32)22(16)28(31,4)5/h7-11,16,20-24,26,34,37H,12-15H2,1-6H3. The maximum Gasteiger partial charge on any atom is 0.338 e. The molecular formula is C31H40O10. The molecular weight excluding hydrogens is 532 g/mol. The topological polar surface area (TPSA) is 146 Å². The van der Waals surface area contributed by atoms with Gasteiger partial charge in [-0.1, -0.05) is 39.0 Å². The highest BCUT2D eigenvalue weighted by atomic mass is 16.6. The Bertz CT molecular complexity index is 1240. The number of rotatable bonds is 4. The van der Waals surface area contributed by atoms with Crippen molar-refractivity contribution in [3.05, 3.63) is 35.9 Å². The molecule has 1 heterocycles. The Hall–Kier alpha value is -2.82. The summed E-state index contributed by atoms with van der Waals surface area (Å²) in [5.41, 5.74) is -5.91. The first kappa shape index (κ1) is 29.7. The number of Topliss-reactive ketones (excluding diaryl/α,β-unsaturated/α-hetero) is 1. The fourth-order valence-corrected chi connectivity index (χ4v) is 8.51. The summed E-state index contributed by atoms with van der Waals surface area (Å²) in [4.78, 5) is 53.4. The molecule has 1 aromatic carbocycles. The van der Waals surface area contributed by atoms with Gasteiger partial charge < -0.3 is 29.2 Å². The zero-order valence-electron chi connectivity index (χ0n) is 24.4. The minimum Gasteiger partial charge on any atom is -0.455 e. The second-order valence-electron chi connectivity index (χ2n) is 13.1. The average Bonchev–Trinajstić information content (AvgIpc) is 2.89. The van der Waals surface area contributed by atoms with Crippen LogP contribution in [0, 0.1) is 28.6 Å². The van der Waals surface area contributed by atoms with Crippen LogP contribution < -0.4 is 0 Å². The van der Waals surface area contributed by atoms with Crippen LogP contribution in [0.5, 0.6) is 0 Å². The van der Waals surface area contributed by atoms with E-state index in [2.05, 4.69) is 0 Å². The number of aliphatic hydroxyl groups is 2. The smallest absolute Gasteiger partial charge is 0.338 e. The summed E-state index contributed by atoms with van der Waals surface area (Å²) in [5.74, 6) is -4.64. The van der Waals surface area contributed by atoms with Crippen molar-refractivity contribution in [1.29, 1.82) is 0 Å². The van der Waals surface area contributed by atoms with E-state index in [1.54, 1.807) is 44.2 Å². The molecule has 224 valence electrons. The minimum atomic E-state index is -1.77. The predicted octanol–water partition coefficient (Wildman–Crippen LogP) is 2.62. The molecule has 3 saturated carbocycles. The van der Waals surface area contributed by atoms with Crippen molar-refractivity contribution in [2.75, 3.05) is 6.61 Å². The van der Waals surface area contributed by atoms with Gasteiger partial charge in [-0.05, 0) is 37.8 Å². The number of ether oxygens (including phenoxy) is 4. The number of carbonyl (C=O) groups is 4. The van der Waals surface area contributed by atoms with Gasteiger partial charge >= 0.3 is 17.9 Å². The van der Waals surface area contributed by atoms with Crippen LogP contribution in [0.3, 0.4) is 0 Å². The quantitative estimate of drug-likeness (QED) is 0.408. The summed E-state index contributed by atoms with van der Waals surface area (Å²) in [6, 6.07) is 8.29. The number of fused-ring (bicyclic) bond motifs is 5. The van der Waals surface area contributed by atoms with Crippen molar-refractivity contribution in [2.45, 2.75) is 96.4 Å². The predicted molar refractivity (Wildman–Crippen MR) is 143 cm³/mol. The highest BCUT2D eigenvalue weighted by molar-refractivity contribution is 5.93. The first-order valence-corrected chi connectivity index (χ1v) is 14.3. The molecule has 2 bridgehead atoms. The zero-order valence-corrected chi connectivity index (χ0v) is 24.4. The van der Waals surface area contributed by atoms with Crippen LogP contribution in [0.1, 0.15) is 71.2 Å². The fourth-order valence-electron chi connectivity index (χ4n) is 8.51. The van der Waals surface area contributed by atoms with E-state index >= 15 is 0 Å². The average molecular weight is 573 g/mol. The first-order chi connectivity index (χ1) is 19.1. The Morgan fingerprint density at radius 3 is 2.24 bits per heavy atom. The lowest BCUT2D eigenvalue weighted by Gasteiger charge is -2.68. The summed E-state index contributed by atoms with van der Waals surface area (Å²) < 4.78 is 23.8. The summed E-state index contributed by atoms with van der Waals surface area (Å²) in [7, 11) is 0. The van der Waals surface area contributed by atoms with Crippen LogP contribution >= 0.6 is 0 Å². The van der Waals surface area contributed by atoms with E-state index in [1.165, 1.54) is 20.8 Å². The number of aliphatic hydroxyl groups excluding tert-OH is 1. The van der Waals surface area contributed by atoms with Crippen LogP contribution in [-0.4, -0.2) is 76.1 Å². The minimum absolute atomic E-state index is 0.0415. The van der Waals surface area contributed by atoms with Crippen LogP contribution in [0.4, 0.5) is 0 Å². The number of carbonyl (C=O) groups excluding carboxylic acids is 4. The second-order valence-corrected chi connectivity index (χ2v) is 13.1. The third kappa shape index (κ3) is 4.16. The van der Waals surface area contributed by atoms with E-state index in [-0.39, 0.29) is 30.9 Å². The molecule has 0 aromatic heterocycles. The number of hydrogen-bond acceptors (Lipinski definition) is 10. The molecule has 0 radical (unpaired) electrons. The van der Waals surface area contributed by atoms with Crippen molar-refractivity contribution < 1.29 is 48.3 Å². The highest BCUT2D eigenvalue weighted by Gasteiger charge is 2.78. The Labute approximate surface area is 239 Å². The molecule has 1 saturated heterocycles. The van der Waals surface area contributed by atoms with E-state index in [9.17, 15) is 29.4 Å². The molecule has 0 spiro atoms. The van der Waals surface area contributed by atoms with Crippen molar-refractivity contribution in [2.24, 2.45) is 28.6 Å². The van der Waals surface area contributed by atoms with Crippen LogP contribution in [-0.2, 0) is 33.3 Å². The zero-order chi connectivity index (χ0) is 30.1. The maximum atomic E-state index is 14.8. The van der Waals surface area contributed by atoms with E-state index in [1.807, 2.05) is 6.92 Å². The van der Waals surface area contributed by atoms with Gasteiger partial charge in [0.2, 0.25) is 0 Å². The molecule has 5 rings (SSSR count). The van der Waals surface area contributed by atoms with Gasteiger partial charge in [0.05, 0.1) is 29.6 Å². The van der Waals surface area contributed by atoms with E-state index in [0.717, 1.165) is 0 Å². The number of ketones is 1. The van der Waals surface area contributed by atoms with E-state index < -0.39 is 82.0 Å². The van der Waals surface area contributed by atoms with Crippen molar-refractivity contribution in [1.82, 2.24) is 0 Å². The number of benzene rings is 1. The Balaban J connectivity index is 1.79. The van der Waals surface area contributed by atoms with Crippen molar-refractivity contribution in [3.8, 4) is 0 Å². The van der Waals surface area contributed by atoms with Gasteiger partial charge in [-0.15, -0.1) is 0 Å². The molecule has 1 aromatic rings. The first-order valence-electron chi connectivity index (χ1n) is 14.3. The lowest BCUT2D eigenvalue weighted by Crippen LogP contribution is -2.82. The molecule has 4 aliphatic rings. The van der Waals surface area contributed by atoms with Gasteiger partial charge in [0, 0.05) is 31.6 Å². The molecule has 41 heavy (non-hydrogen) atoms. The number of hydrogen-bond donors (Lipinski definition) is 2. The Kier molecular flexibility index (Phi) is 7.15. The lowest BCUT2D eigenvalue weighted by molar-refractivity contribution is -0.352. The fraction of sp³-hybridized carbons (Fsp3) is 0.677. The van der Waals surface area contributed by atoms with Gasteiger partial charge in [0.1, 0.15) is 17.8 Å². The van der Waals surface area contributed by atoms with Gasteiger partial charge in [0.15, 0.2) is 17.5 Å². The monoisotopic (exact) mass is 572 g/mol.